The number of fused-ring (bicyclic) bond motifs is 1. The number of carbonyl (C=O) groups excluding carboxylic acids is 2. The molecule has 0 saturated carbocycles. The van der Waals surface area contributed by atoms with E-state index in [1.807, 2.05) is 13.8 Å². The number of benzene rings is 1. The van der Waals surface area contributed by atoms with Crippen LogP contribution >= 0.6 is 0 Å². The molecule has 1 aliphatic rings. The van der Waals surface area contributed by atoms with Crippen LogP contribution in [0.3, 0.4) is 0 Å². The van der Waals surface area contributed by atoms with Crippen molar-refractivity contribution >= 4 is 27.5 Å². The van der Waals surface area contributed by atoms with Crippen LogP contribution in [0.15, 0.2) is 18.2 Å². The summed E-state index contributed by atoms with van der Waals surface area (Å²) in [5.41, 5.74) is 1.59. The van der Waals surface area contributed by atoms with Crippen LogP contribution in [0.2, 0.25) is 0 Å². The molecule has 1 heterocycles. The molecule has 0 atom stereocenters. The van der Waals surface area contributed by atoms with Gasteiger partial charge in [-0.2, -0.15) is 0 Å². The third kappa shape index (κ3) is 4.87. The van der Waals surface area contributed by atoms with Crippen LogP contribution in [-0.2, 0) is 10.0 Å². The van der Waals surface area contributed by atoms with Crippen molar-refractivity contribution in [2.24, 2.45) is 5.92 Å². The SMILES string of the molecule is CC(C)CN1C(=O)c2ccc(NCCCNS(=O)(=O)C(C)(C)C)cc2C1=O. The predicted molar refractivity (Wildman–Crippen MR) is 106 cm³/mol. The maximum absolute atomic E-state index is 12.5. The number of hydrogen-bond donors (Lipinski definition) is 2. The van der Waals surface area contributed by atoms with Gasteiger partial charge < -0.3 is 5.32 Å². The molecule has 2 rings (SSSR count). The zero-order valence-electron chi connectivity index (χ0n) is 16.6. The fraction of sp³-hybridized carbons (Fsp3) is 0.579. The normalized spacial score (nSPS) is 14.8. The maximum atomic E-state index is 12.5. The van der Waals surface area contributed by atoms with Crippen molar-refractivity contribution in [1.29, 1.82) is 0 Å². The van der Waals surface area contributed by atoms with E-state index in [2.05, 4.69) is 10.0 Å². The Kier molecular flexibility index (Phi) is 6.32. The number of amides is 2. The lowest BCUT2D eigenvalue weighted by molar-refractivity contribution is 0.0636. The molecule has 0 bridgehead atoms. The van der Waals surface area contributed by atoms with Gasteiger partial charge in [-0.05, 0) is 51.3 Å². The molecule has 27 heavy (non-hydrogen) atoms. The predicted octanol–water partition coefficient (Wildman–Crippen LogP) is 2.46. The molecule has 0 saturated heterocycles. The molecule has 8 heteroatoms. The van der Waals surface area contributed by atoms with Gasteiger partial charge in [0.05, 0.1) is 15.9 Å². The second-order valence-corrected chi connectivity index (χ2v) is 10.7. The molecule has 2 N–H and O–H groups in total. The van der Waals surface area contributed by atoms with Gasteiger partial charge in [-0.1, -0.05) is 13.8 Å². The Balaban J connectivity index is 1.92. The Morgan fingerprint density at radius 3 is 2.26 bits per heavy atom. The van der Waals surface area contributed by atoms with Crippen molar-refractivity contribution in [3.8, 4) is 0 Å². The summed E-state index contributed by atoms with van der Waals surface area (Å²) in [5, 5.41) is 3.17. The number of carbonyl (C=O) groups is 2. The fourth-order valence-electron chi connectivity index (χ4n) is 2.68. The van der Waals surface area contributed by atoms with Gasteiger partial charge in [0.1, 0.15) is 0 Å². The average Bonchev–Trinajstić information content (AvgIpc) is 2.78. The summed E-state index contributed by atoms with van der Waals surface area (Å²) in [6.45, 7) is 10.2. The lowest BCUT2D eigenvalue weighted by Crippen LogP contribution is -2.40. The molecule has 0 aliphatic carbocycles. The Labute approximate surface area is 161 Å². The van der Waals surface area contributed by atoms with E-state index in [0.29, 0.717) is 37.2 Å². The van der Waals surface area contributed by atoms with Crippen LogP contribution in [-0.4, -0.2) is 49.5 Å². The van der Waals surface area contributed by atoms with Gasteiger partial charge in [-0.15, -0.1) is 0 Å². The Morgan fingerprint density at radius 1 is 1.04 bits per heavy atom. The minimum absolute atomic E-state index is 0.210. The summed E-state index contributed by atoms with van der Waals surface area (Å²) in [7, 11) is -3.35. The first-order valence-electron chi connectivity index (χ1n) is 9.17. The average molecular weight is 396 g/mol. The van der Waals surface area contributed by atoms with Crippen LogP contribution < -0.4 is 10.0 Å². The van der Waals surface area contributed by atoms with Crippen molar-refractivity contribution in [2.75, 3.05) is 25.0 Å². The first kappa shape index (κ1) is 21.4. The lowest BCUT2D eigenvalue weighted by atomic mass is 10.1. The van der Waals surface area contributed by atoms with E-state index in [9.17, 15) is 18.0 Å². The van der Waals surface area contributed by atoms with E-state index in [1.54, 1.807) is 39.0 Å². The molecule has 0 unspecified atom stereocenters. The van der Waals surface area contributed by atoms with Gasteiger partial charge in [0.25, 0.3) is 11.8 Å². The topological polar surface area (TPSA) is 95.6 Å². The van der Waals surface area contributed by atoms with Crippen molar-refractivity contribution in [1.82, 2.24) is 9.62 Å². The first-order valence-corrected chi connectivity index (χ1v) is 10.7. The summed E-state index contributed by atoms with van der Waals surface area (Å²) >= 11 is 0. The molecule has 0 fully saturated rings. The third-order valence-electron chi connectivity index (χ3n) is 4.30. The molecule has 1 aliphatic heterocycles. The van der Waals surface area contributed by atoms with Crippen LogP contribution in [0, 0.1) is 5.92 Å². The van der Waals surface area contributed by atoms with Gasteiger partial charge in [0, 0.05) is 25.3 Å². The van der Waals surface area contributed by atoms with Crippen molar-refractivity contribution in [3.05, 3.63) is 29.3 Å². The van der Waals surface area contributed by atoms with E-state index in [-0.39, 0.29) is 17.7 Å². The summed E-state index contributed by atoms with van der Waals surface area (Å²) < 4.78 is 25.7. The molecular weight excluding hydrogens is 366 g/mol. The van der Waals surface area contributed by atoms with E-state index in [4.69, 9.17) is 0 Å². The lowest BCUT2D eigenvalue weighted by Gasteiger charge is -2.19. The highest BCUT2D eigenvalue weighted by Crippen LogP contribution is 2.26. The van der Waals surface area contributed by atoms with Crippen LogP contribution in [0.5, 0.6) is 0 Å². The third-order valence-corrected chi connectivity index (χ3v) is 6.50. The number of sulfonamides is 1. The zero-order chi connectivity index (χ0) is 20.4. The summed E-state index contributed by atoms with van der Waals surface area (Å²) in [6, 6.07) is 5.12. The number of nitrogens with one attached hydrogen (secondary N) is 2. The molecular formula is C19H29N3O4S. The Hall–Kier alpha value is -1.93. The van der Waals surface area contributed by atoms with Gasteiger partial charge in [0.15, 0.2) is 0 Å². The smallest absolute Gasteiger partial charge is 0.261 e. The fourth-order valence-corrected chi connectivity index (χ4v) is 3.52. The minimum Gasteiger partial charge on any atom is -0.385 e. The zero-order valence-corrected chi connectivity index (χ0v) is 17.4. The second-order valence-electron chi connectivity index (χ2n) is 8.17. The molecule has 1 aromatic rings. The molecule has 2 amide bonds. The highest BCUT2D eigenvalue weighted by atomic mass is 32.2. The Morgan fingerprint density at radius 2 is 1.67 bits per heavy atom. The summed E-state index contributed by atoms with van der Waals surface area (Å²) in [6.07, 6.45) is 0.596. The van der Waals surface area contributed by atoms with Gasteiger partial charge >= 0.3 is 0 Å². The number of rotatable bonds is 8. The van der Waals surface area contributed by atoms with E-state index < -0.39 is 14.8 Å². The molecule has 1 aromatic carbocycles. The van der Waals surface area contributed by atoms with Crippen molar-refractivity contribution in [3.63, 3.8) is 0 Å². The molecule has 0 radical (unpaired) electrons. The highest BCUT2D eigenvalue weighted by molar-refractivity contribution is 7.90. The molecule has 7 nitrogen and oxygen atoms in total. The standard InChI is InChI=1S/C19H29N3O4S/c1-13(2)12-22-17(23)15-8-7-14(11-16(15)18(22)24)20-9-6-10-21-27(25,26)19(3,4)5/h7-8,11,13,20-21H,6,9-10,12H2,1-5H3. The summed E-state index contributed by atoms with van der Waals surface area (Å²) in [5.74, 6) is -0.293. The van der Waals surface area contributed by atoms with E-state index >= 15 is 0 Å². The van der Waals surface area contributed by atoms with Crippen molar-refractivity contribution < 1.29 is 18.0 Å². The molecule has 150 valence electrons. The van der Waals surface area contributed by atoms with Crippen molar-refractivity contribution in [2.45, 2.75) is 45.8 Å². The Bertz CT molecular complexity index is 826. The van der Waals surface area contributed by atoms with Crippen LogP contribution in [0.1, 0.15) is 61.8 Å². The van der Waals surface area contributed by atoms with E-state index in [0.717, 1.165) is 5.69 Å². The number of imide groups is 1. The first-order chi connectivity index (χ1) is 12.4. The quantitative estimate of drug-likeness (QED) is 0.521. The number of nitrogens with zero attached hydrogens (tertiary/aromatic N) is 1. The minimum atomic E-state index is -3.35. The number of anilines is 1. The second kappa shape index (κ2) is 7.98. The number of hydrogen-bond acceptors (Lipinski definition) is 5. The van der Waals surface area contributed by atoms with Gasteiger partial charge in [0.2, 0.25) is 10.0 Å². The van der Waals surface area contributed by atoms with Crippen LogP contribution in [0.4, 0.5) is 5.69 Å². The van der Waals surface area contributed by atoms with Gasteiger partial charge in [-0.25, -0.2) is 13.1 Å². The monoisotopic (exact) mass is 395 g/mol. The van der Waals surface area contributed by atoms with Crippen LogP contribution in [0.25, 0.3) is 0 Å². The molecule has 0 spiro atoms. The van der Waals surface area contributed by atoms with E-state index in [1.165, 1.54) is 4.90 Å². The molecule has 0 aromatic heterocycles. The van der Waals surface area contributed by atoms with Gasteiger partial charge in [-0.3, -0.25) is 14.5 Å². The largest absolute Gasteiger partial charge is 0.385 e. The highest BCUT2D eigenvalue weighted by Gasteiger charge is 2.35. The summed E-state index contributed by atoms with van der Waals surface area (Å²) in [4.78, 5) is 26.1. The maximum Gasteiger partial charge on any atom is 0.261 e.